The van der Waals surface area contributed by atoms with Gasteiger partial charge in [0.2, 0.25) is 5.95 Å². The fourth-order valence-corrected chi connectivity index (χ4v) is 4.33. The van der Waals surface area contributed by atoms with Crippen molar-refractivity contribution in [2.45, 2.75) is 25.3 Å². The molecule has 1 atom stereocenters. The number of nitrogens with two attached hydrogens (primary N) is 1. The Labute approximate surface area is 155 Å². The molecule has 0 spiro atoms. The first kappa shape index (κ1) is 16.4. The smallest absolute Gasteiger partial charge is 0.274 e. The van der Waals surface area contributed by atoms with E-state index < -0.39 is 5.82 Å². The van der Waals surface area contributed by atoms with Gasteiger partial charge in [0.15, 0.2) is 0 Å². The third-order valence-corrected chi connectivity index (χ3v) is 5.75. The summed E-state index contributed by atoms with van der Waals surface area (Å²) in [6.45, 7) is 3.46. The Balaban J connectivity index is 1.51. The number of hydrogen-bond donors (Lipinski definition) is 1. The van der Waals surface area contributed by atoms with Crippen molar-refractivity contribution in [3.63, 3.8) is 0 Å². The first-order chi connectivity index (χ1) is 13.1. The molecule has 7 nitrogen and oxygen atoms in total. The van der Waals surface area contributed by atoms with Crippen LogP contribution in [0.3, 0.4) is 0 Å². The van der Waals surface area contributed by atoms with Crippen LogP contribution in [0.5, 0.6) is 0 Å². The number of halogens is 1. The van der Waals surface area contributed by atoms with Gasteiger partial charge in [0.05, 0.1) is 0 Å². The second-order valence-electron chi connectivity index (χ2n) is 7.36. The summed E-state index contributed by atoms with van der Waals surface area (Å²) in [6.07, 6.45) is 5.21. The highest BCUT2D eigenvalue weighted by atomic mass is 19.1. The first-order valence-corrected chi connectivity index (χ1v) is 9.38. The van der Waals surface area contributed by atoms with Crippen molar-refractivity contribution in [3.8, 4) is 0 Å². The molecule has 2 aliphatic rings. The lowest BCUT2D eigenvalue weighted by atomic mass is 9.99. The number of piperidine rings is 1. The minimum absolute atomic E-state index is 0.104. The van der Waals surface area contributed by atoms with Gasteiger partial charge in [-0.3, -0.25) is 14.1 Å². The van der Waals surface area contributed by atoms with Crippen LogP contribution in [-0.2, 0) is 0 Å². The highest BCUT2D eigenvalue weighted by Gasteiger charge is 2.32. The summed E-state index contributed by atoms with van der Waals surface area (Å²) < 4.78 is 15.6. The minimum atomic E-state index is -0.453. The van der Waals surface area contributed by atoms with Gasteiger partial charge in [0.1, 0.15) is 22.7 Å². The molecule has 0 unspecified atom stereocenters. The number of rotatable bonds is 1. The van der Waals surface area contributed by atoms with Gasteiger partial charge < -0.3 is 10.6 Å². The molecular formula is C19H21FN6O. The average Bonchev–Trinajstić information content (AvgIpc) is 3.14. The standard InChI is InChI=1S/C19H21FN6O/c20-14-6-3-5-13-16(14)23-19(21)26-11-15(22-17(13)26)18(27)25-9-8-24-7-2-1-4-12(24)10-25/h3,5-6,11-12H,1-2,4,7-10H2,(H2,21,23)/t12-/m0/s1. The molecule has 2 aliphatic heterocycles. The van der Waals surface area contributed by atoms with Crippen LogP contribution in [0.1, 0.15) is 29.8 Å². The molecule has 140 valence electrons. The van der Waals surface area contributed by atoms with E-state index in [0.717, 1.165) is 26.1 Å². The van der Waals surface area contributed by atoms with E-state index in [-0.39, 0.29) is 17.4 Å². The molecule has 1 aromatic carbocycles. The van der Waals surface area contributed by atoms with Crippen molar-refractivity contribution in [2.75, 3.05) is 31.9 Å². The number of benzene rings is 1. The predicted molar refractivity (Wildman–Crippen MR) is 100.0 cm³/mol. The fraction of sp³-hybridized carbons (Fsp3) is 0.421. The maximum Gasteiger partial charge on any atom is 0.274 e. The molecule has 2 aromatic heterocycles. The number of hydrogen-bond acceptors (Lipinski definition) is 5. The van der Waals surface area contributed by atoms with Gasteiger partial charge in [-0.15, -0.1) is 0 Å². The summed E-state index contributed by atoms with van der Waals surface area (Å²) in [5.41, 5.74) is 6.93. The number of nitrogens with zero attached hydrogens (tertiary/aromatic N) is 5. The van der Waals surface area contributed by atoms with E-state index in [1.54, 1.807) is 22.7 Å². The van der Waals surface area contributed by atoms with E-state index in [1.807, 2.05) is 4.90 Å². The van der Waals surface area contributed by atoms with Crippen LogP contribution in [0, 0.1) is 5.82 Å². The van der Waals surface area contributed by atoms with Crippen LogP contribution >= 0.6 is 0 Å². The highest BCUT2D eigenvalue weighted by Crippen LogP contribution is 2.25. The molecule has 4 heterocycles. The molecule has 5 rings (SSSR count). The lowest BCUT2D eigenvalue weighted by molar-refractivity contribution is 0.0369. The normalized spacial score (nSPS) is 20.9. The minimum Gasteiger partial charge on any atom is -0.369 e. The number of para-hydroxylation sites is 1. The van der Waals surface area contributed by atoms with Crippen LogP contribution in [0.15, 0.2) is 24.4 Å². The topological polar surface area (TPSA) is 79.8 Å². The van der Waals surface area contributed by atoms with E-state index >= 15 is 0 Å². The summed E-state index contributed by atoms with van der Waals surface area (Å²) in [5, 5.41) is 0.542. The van der Waals surface area contributed by atoms with Crippen LogP contribution in [0.4, 0.5) is 10.3 Å². The lowest BCUT2D eigenvalue weighted by Gasteiger charge is -2.43. The molecule has 0 radical (unpaired) electrons. The van der Waals surface area contributed by atoms with Gasteiger partial charge >= 0.3 is 0 Å². The zero-order chi connectivity index (χ0) is 18.5. The van der Waals surface area contributed by atoms with Crippen LogP contribution < -0.4 is 5.73 Å². The summed E-state index contributed by atoms with van der Waals surface area (Å²) in [4.78, 5) is 26.0. The molecule has 2 fully saturated rings. The number of carbonyl (C=O) groups is 1. The first-order valence-electron chi connectivity index (χ1n) is 9.38. The molecule has 27 heavy (non-hydrogen) atoms. The number of aromatic nitrogens is 3. The van der Waals surface area contributed by atoms with E-state index in [1.165, 1.54) is 18.9 Å². The molecule has 0 aliphatic carbocycles. The number of fused-ring (bicyclic) bond motifs is 4. The van der Waals surface area contributed by atoms with Crippen molar-refractivity contribution in [2.24, 2.45) is 0 Å². The number of amides is 1. The van der Waals surface area contributed by atoms with E-state index in [9.17, 15) is 9.18 Å². The Morgan fingerprint density at radius 2 is 2.07 bits per heavy atom. The number of anilines is 1. The fourth-order valence-electron chi connectivity index (χ4n) is 4.33. The van der Waals surface area contributed by atoms with Crippen molar-refractivity contribution in [1.29, 1.82) is 0 Å². The Morgan fingerprint density at radius 1 is 1.19 bits per heavy atom. The summed E-state index contributed by atoms with van der Waals surface area (Å²) in [5.74, 6) is -0.440. The van der Waals surface area contributed by atoms with Crippen LogP contribution in [0.2, 0.25) is 0 Å². The number of nitrogen functional groups attached to an aromatic ring is 1. The number of imidazole rings is 1. The van der Waals surface area contributed by atoms with Crippen molar-refractivity contribution in [1.82, 2.24) is 24.2 Å². The van der Waals surface area contributed by atoms with Gasteiger partial charge in [-0.1, -0.05) is 12.5 Å². The Hall–Kier alpha value is -2.74. The van der Waals surface area contributed by atoms with Crippen LogP contribution in [-0.4, -0.2) is 62.3 Å². The second kappa shape index (κ2) is 6.16. The van der Waals surface area contributed by atoms with Crippen molar-refractivity contribution in [3.05, 3.63) is 35.9 Å². The molecule has 2 saturated heterocycles. The van der Waals surface area contributed by atoms with Gasteiger partial charge in [-0.2, -0.15) is 0 Å². The van der Waals surface area contributed by atoms with Crippen molar-refractivity contribution >= 4 is 28.4 Å². The van der Waals surface area contributed by atoms with E-state index in [4.69, 9.17) is 5.73 Å². The largest absolute Gasteiger partial charge is 0.369 e. The molecule has 1 amide bonds. The molecule has 3 aromatic rings. The van der Waals surface area contributed by atoms with Crippen LogP contribution in [0.25, 0.3) is 16.6 Å². The van der Waals surface area contributed by atoms with Gasteiger partial charge in [-0.25, -0.2) is 14.4 Å². The lowest BCUT2D eigenvalue weighted by Crippen LogP contribution is -2.56. The predicted octanol–water partition coefficient (Wildman–Crippen LogP) is 1.91. The Bertz CT molecular complexity index is 1050. The maximum absolute atomic E-state index is 14.1. The van der Waals surface area contributed by atoms with Gasteiger partial charge in [0, 0.05) is 37.3 Å². The zero-order valence-corrected chi connectivity index (χ0v) is 14.9. The Kier molecular flexibility index (Phi) is 3.75. The monoisotopic (exact) mass is 368 g/mol. The molecule has 0 saturated carbocycles. The maximum atomic E-state index is 14.1. The Morgan fingerprint density at radius 3 is 2.96 bits per heavy atom. The molecule has 2 N–H and O–H groups in total. The second-order valence-corrected chi connectivity index (χ2v) is 7.36. The summed E-state index contributed by atoms with van der Waals surface area (Å²) in [6, 6.07) is 5.12. The number of piperazine rings is 1. The summed E-state index contributed by atoms with van der Waals surface area (Å²) >= 11 is 0. The average molecular weight is 368 g/mol. The van der Waals surface area contributed by atoms with Crippen molar-refractivity contribution < 1.29 is 9.18 Å². The highest BCUT2D eigenvalue weighted by molar-refractivity contribution is 5.97. The third-order valence-electron chi connectivity index (χ3n) is 5.75. The van der Waals surface area contributed by atoms with Gasteiger partial charge in [0.25, 0.3) is 5.91 Å². The molecule has 0 bridgehead atoms. The SMILES string of the molecule is Nc1nc2c(F)cccc2c2nc(C(=O)N3CCN4CCCC[C@H]4C3)cn12. The van der Waals surface area contributed by atoms with Gasteiger partial charge in [-0.05, 0) is 31.5 Å². The third kappa shape index (κ3) is 2.63. The molecular weight excluding hydrogens is 347 g/mol. The molecule has 8 heteroatoms. The van der Waals surface area contributed by atoms with E-state index in [2.05, 4.69) is 14.9 Å². The quantitative estimate of drug-likeness (QED) is 0.710. The zero-order valence-electron chi connectivity index (χ0n) is 14.9. The van der Waals surface area contributed by atoms with E-state index in [0.29, 0.717) is 29.3 Å². The number of carbonyl (C=O) groups excluding carboxylic acids is 1. The summed E-state index contributed by atoms with van der Waals surface area (Å²) in [7, 11) is 0.